The van der Waals surface area contributed by atoms with E-state index in [0.717, 1.165) is 42.5 Å². The van der Waals surface area contributed by atoms with Crippen molar-refractivity contribution >= 4 is 18.0 Å². The van der Waals surface area contributed by atoms with Gasteiger partial charge in [-0.2, -0.15) is 0 Å². The molecule has 1 fully saturated rings. The predicted molar refractivity (Wildman–Crippen MR) is 120 cm³/mol. The molecule has 1 aromatic heterocycles. The van der Waals surface area contributed by atoms with Gasteiger partial charge in [-0.1, -0.05) is 18.6 Å². The number of Topliss-reactive ketones (excluding diaryl/α,β-unsaturated/α-hetero) is 1. The van der Waals surface area contributed by atoms with Crippen LogP contribution in [0.2, 0.25) is 0 Å². The van der Waals surface area contributed by atoms with Crippen molar-refractivity contribution < 1.29 is 14.0 Å². The van der Waals surface area contributed by atoms with E-state index in [4.69, 9.17) is 10.5 Å². The number of aromatic nitrogens is 2. The van der Waals surface area contributed by atoms with E-state index in [0.29, 0.717) is 6.42 Å². The van der Waals surface area contributed by atoms with Gasteiger partial charge in [0.1, 0.15) is 17.2 Å². The van der Waals surface area contributed by atoms with E-state index in [1.54, 1.807) is 19.1 Å². The largest absolute Gasteiger partial charge is 0.384 e. The molecular weight excluding hydrogens is 417 g/mol. The molecular formula is C22H30FN5O4. The maximum absolute atomic E-state index is 13.1. The molecule has 174 valence electrons. The van der Waals surface area contributed by atoms with Crippen molar-refractivity contribution in [2.75, 3.05) is 25.4 Å². The van der Waals surface area contributed by atoms with Crippen molar-refractivity contribution in [3.8, 4) is 0 Å². The standard InChI is InChI=1S/C21H27FN4O3.CH3NO/c1-2-25-20(28)18(17(27)14-24-11-4-3-5-12-24)19(23)26(21(25)29)13-10-15-6-8-16(22)9-7-15;2-1-3/h6-9H,2-5,10-14,23H2,1H3;1H,(H2,2,3). The fourth-order valence-electron chi connectivity index (χ4n) is 3.76. The van der Waals surface area contributed by atoms with Crippen LogP contribution in [0.15, 0.2) is 33.9 Å². The zero-order valence-electron chi connectivity index (χ0n) is 18.3. The predicted octanol–water partition coefficient (Wildman–Crippen LogP) is 0.764. The Kier molecular flexibility index (Phi) is 9.33. The quantitative estimate of drug-likeness (QED) is 0.476. The summed E-state index contributed by atoms with van der Waals surface area (Å²) in [5, 5.41) is 0. The van der Waals surface area contributed by atoms with Crippen LogP contribution in [0.3, 0.4) is 0 Å². The number of amides is 1. The van der Waals surface area contributed by atoms with Gasteiger partial charge in [-0.05, 0) is 57.0 Å². The molecule has 0 saturated carbocycles. The summed E-state index contributed by atoms with van der Waals surface area (Å²) in [6, 6.07) is 5.97. The average Bonchev–Trinajstić information content (AvgIpc) is 2.76. The highest BCUT2D eigenvalue weighted by molar-refractivity contribution is 6.01. The summed E-state index contributed by atoms with van der Waals surface area (Å²) >= 11 is 0. The van der Waals surface area contributed by atoms with Gasteiger partial charge in [-0.3, -0.25) is 28.4 Å². The lowest BCUT2D eigenvalue weighted by molar-refractivity contribution is -0.106. The van der Waals surface area contributed by atoms with Gasteiger partial charge in [0.05, 0.1) is 6.54 Å². The van der Waals surface area contributed by atoms with E-state index < -0.39 is 11.2 Å². The summed E-state index contributed by atoms with van der Waals surface area (Å²) in [4.78, 5) is 49.0. The van der Waals surface area contributed by atoms with Crippen molar-refractivity contribution in [3.05, 3.63) is 62.0 Å². The zero-order chi connectivity index (χ0) is 23.7. The van der Waals surface area contributed by atoms with Gasteiger partial charge in [0, 0.05) is 13.1 Å². The number of aryl methyl sites for hydroxylation is 1. The molecule has 9 nitrogen and oxygen atoms in total. The minimum atomic E-state index is -0.630. The molecule has 0 aliphatic carbocycles. The second-order valence-electron chi connectivity index (χ2n) is 7.52. The number of anilines is 1. The topological polar surface area (TPSA) is 133 Å². The van der Waals surface area contributed by atoms with E-state index in [9.17, 15) is 18.8 Å². The Labute approximate surface area is 185 Å². The van der Waals surface area contributed by atoms with Crippen molar-refractivity contribution in [1.82, 2.24) is 14.0 Å². The highest BCUT2D eigenvalue weighted by Crippen LogP contribution is 2.13. The number of hydrogen-bond acceptors (Lipinski definition) is 6. The second kappa shape index (κ2) is 11.9. The highest BCUT2D eigenvalue weighted by Gasteiger charge is 2.24. The number of ketones is 1. The van der Waals surface area contributed by atoms with Crippen LogP contribution in [-0.2, 0) is 24.3 Å². The van der Waals surface area contributed by atoms with Gasteiger partial charge in [0.25, 0.3) is 5.56 Å². The van der Waals surface area contributed by atoms with Crippen molar-refractivity contribution in [1.29, 1.82) is 0 Å². The SMILES string of the molecule is CCn1c(=O)c(C(=O)CN2CCCCC2)c(N)n(CCc2ccc(F)cc2)c1=O.NC=O. The van der Waals surface area contributed by atoms with E-state index in [1.807, 2.05) is 4.90 Å². The van der Waals surface area contributed by atoms with Crippen LogP contribution in [0, 0.1) is 5.82 Å². The zero-order valence-corrected chi connectivity index (χ0v) is 18.3. The maximum atomic E-state index is 13.1. The molecule has 4 N–H and O–H groups in total. The first-order chi connectivity index (χ1) is 15.3. The summed E-state index contributed by atoms with van der Waals surface area (Å²) in [5.41, 5.74) is 9.87. The van der Waals surface area contributed by atoms with E-state index >= 15 is 0 Å². The number of primary amides is 1. The molecule has 0 bridgehead atoms. The number of halogens is 1. The van der Waals surface area contributed by atoms with Crippen LogP contribution in [0.5, 0.6) is 0 Å². The number of nitrogen functional groups attached to an aromatic ring is 1. The summed E-state index contributed by atoms with van der Waals surface area (Å²) in [6.07, 6.45) is 3.87. The molecule has 0 radical (unpaired) electrons. The minimum Gasteiger partial charge on any atom is -0.384 e. The van der Waals surface area contributed by atoms with Crippen LogP contribution < -0.4 is 22.7 Å². The average molecular weight is 448 g/mol. The first-order valence-electron chi connectivity index (χ1n) is 10.6. The molecule has 3 rings (SSSR count). The van der Waals surface area contributed by atoms with Gasteiger partial charge in [0.2, 0.25) is 6.41 Å². The monoisotopic (exact) mass is 447 g/mol. The van der Waals surface area contributed by atoms with Crippen LogP contribution in [0.25, 0.3) is 0 Å². The highest BCUT2D eigenvalue weighted by atomic mass is 19.1. The number of carbonyl (C=O) groups excluding carboxylic acids is 2. The fourth-order valence-corrected chi connectivity index (χ4v) is 3.76. The lowest BCUT2D eigenvalue weighted by Gasteiger charge is -2.26. The Hall–Kier alpha value is -3.27. The van der Waals surface area contributed by atoms with Crippen LogP contribution in [-0.4, -0.2) is 45.9 Å². The summed E-state index contributed by atoms with van der Waals surface area (Å²) < 4.78 is 15.4. The van der Waals surface area contributed by atoms with Gasteiger partial charge >= 0.3 is 5.69 Å². The van der Waals surface area contributed by atoms with Gasteiger partial charge in [0.15, 0.2) is 5.78 Å². The molecule has 0 unspecified atom stereocenters. The van der Waals surface area contributed by atoms with Crippen molar-refractivity contribution in [2.24, 2.45) is 5.73 Å². The molecule has 2 aromatic rings. The molecule has 1 saturated heterocycles. The van der Waals surface area contributed by atoms with E-state index in [2.05, 4.69) is 5.73 Å². The Morgan fingerprint density at radius 2 is 1.69 bits per heavy atom. The molecule has 1 aliphatic rings. The number of carbonyl (C=O) groups is 2. The van der Waals surface area contributed by atoms with Gasteiger partial charge in [-0.15, -0.1) is 0 Å². The lowest BCUT2D eigenvalue weighted by Crippen LogP contribution is -2.45. The third-order valence-electron chi connectivity index (χ3n) is 5.42. The van der Waals surface area contributed by atoms with Crippen LogP contribution in [0.1, 0.15) is 42.1 Å². The molecule has 1 aliphatic heterocycles. The Bertz CT molecular complexity index is 1040. The summed E-state index contributed by atoms with van der Waals surface area (Å²) in [6.45, 7) is 3.79. The molecule has 2 heterocycles. The van der Waals surface area contributed by atoms with Crippen LogP contribution >= 0.6 is 0 Å². The molecule has 0 spiro atoms. The molecule has 32 heavy (non-hydrogen) atoms. The molecule has 1 aromatic carbocycles. The van der Waals surface area contributed by atoms with Crippen molar-refractivity contribution in [2.45, 2.75) is 45.7 Å². The lowest BCUT2D eigenvalue weighted by atomic mass is 10.1. The van der Waals surface area contributed by atoms with E-state index in [-0.39, 0.29) is 49.0 Å². The molecule has 0 atom stereocenters. The molecule has 10 heteroatoms. The number of nitrogens with two attached hydrogens (primary N) is 2. The first kappa shape index (κ1) is 25.0. The Morgan fingerprint density at radius 3 is 2.25 bits per heavy atom. The first-order valence-corrected chi connectivity index (χ1v) is 10.6. The number of piperidine rings is 1. The number of hydrogen-bond donors (Lipinski definition) is 2. The summed E-state index contributed by atoms with van der Waals surface area (Å²) in [7, 11) is 0. The number of nitrogens with zero attached hydrogens (tertiary/aromatic N) is 3. The normalized spacial score (nSPS) is 13.8. The van der Waals surface area contributed by atoms with E-state index in [1.165, 1.54) is 16.7 Å². The van der Waals surface area contributed by atoms with Crippen molar-refractivity contribution in [3.63, 3.8) is 0 Å². The Balaban J connectivity index is 0.00000114. The summed E-state index contributed by atoms with van der Waals surface area (Å²) in [5.74, 6) is -0.781. The fraction of sp³-hybridized carbons (Fsp3) is 0.455. The minimum absolute atomic E-state index is 0.0891. The Morgan fingerprint density at radius 1 is 1.09 bits per heavy atom. The smallest absolute Gasteiger partial charge is 0.332 e. The third-order valence-corrected chi connectivity index (χ3v) is 5.42. The number of benzene rings is 1. The third kappa shape index (κ3) is 6.13. The van der Waals surface area contributed by atoms with Gasteiger partial charge in [-0.25, -0.2) is 9.18 Å². The van der Waals surface area contributed by atoms with Gasteiger partial charge < -0.3 is 11.5 Å². The number of likely N-dealkylation sites (tertiary alicyclic amines) is 1. The maximum Gasteiger partial charge on any atom is 0.332 e. The second-order valence-corrected chi connectivity index (χ2v) is 7.52. The molecule has 1 amide bonds. The number of rotatable bonds is 7. The van der Waals surface area contributed by atoms with Crippen LogP contribution in [0.4, 0.5) is 10.2 Å².